The Morgan fingerprint density at radius 3 is 1.95 bits per heavy atom. The molecule has 1 aliphatic rings. The van der Waals surface area contributed by atoms with Crippen LogP contribution < -0.4 is 9.80 Å². The van der Waals surface area contributed by atoms with Crippen LogP contribution in [0.2, 0.25) is 0 Å². The lowest BCUT2D eigenvalue weighted by atomic mass is 9.97. The summed E-state index contributed by atoms with van der Waals surface area (Å²) in [5.74, 6) is 0. The fraction of sp³-hybridized carbons (Fsp3) is 0.189. The van der Waals surface area contributed by atoms with E-state index in [1.807, 2.05) is 0 Å². The Morgan fingerprint density at radius 1 is 0.575 bits per heavy atom. The summed E-state index contributed by atoms with van der Waals surface area (Å²) in [5.41, 5.74) is 10.8. The maximum atomic E-state index is 6.69. The molecule has 1 fully saturated rings. The molecule has 1 aliphatic heterocycles. The van der Waals surface area contributed by atoms with Gasteiger partial charge in [0.15, 0.2) is 5.58 Å². The summed E-state index contributed by atoms with van der Waals surface area (Å²) in [6.07, 6.45) is -0.0266. The monoisotopic (exact) mass is 522 g/mol. The van der Waals surface area contributed by atoms with E-state index in [1.54, 1.807) is 0 Å². The van der Waals surface area contributed by atoms with Crippen LogP contribution in [0.25, 0.3) is 21.9 Å². The van der Waals surface area contributed by atoms with E-state index in [0.717, 1.165) is 21.9 Å². The molecule has 0 spiro atoms. The SMILES string of the molecule is Cc1cccc(C)c1C1N(c2ccccc2)C(c2ccccc2)[C@H](C)N1c1c(C)ccc2c1oc1ccccc12. The van der Waals surface area contributed by atoms with Crippen LogP contribution in [0.1, 0.15) is 46.9 Å². The largest absolute Gasteiger partial charge is 0.454 e. The van der Waals surface area contributed by atoms with Crippen molar-refractivity contribution >= 4 is 33.3 Å². The molecular weight excluding hydrogens is 488 g/mol. The van der Waals surface area contributed by atoms with Gasteiger partial charge in [-0.1, -0.05) is 97.1 Å². The van der Waals surface area contributed by atoms with Crippen LogP contribution >= 0.6 is 0 Å². The zero-order valence-electron chi connectivity index (χ0n) is 23.5. The molecule has 7 rings (SSSR count). The number of anilines is 2. The molecule has 0 saturated carbocycles. The topological polar surface area (TPSA) is 19.6 Å². The molecule has 40 heavy (non-hydrogen) atoms. The second-order valence-corrected chi connectivity index (χ2v) is 11.1. The van der Waals surface area contributed by atoms with E-state index in [1.165, 1.54) is 39.2 Å². The van der Waals surface area contributed by atoms with Crippen molar-refractivity contribution < 1.29 is 4.42 Å². The molecule has 0 N–H and O–H groups in total. The highest BCUT2D eigenvalue weighted by atomic mass is 16.3. The average molecular weight is 523 g/mol. The minimum atomic E-state index is -0.0266. The Kier molecular flexibility index (Phi) is 5.89. The van der Waals surface area contributed by atoms with Gasteiger partial charge in [-0.25, -0.2) is 0 Å². The highest BCUT2D eigenvalue weighted by Crippen LogP contribution is 2.53. The molecule has 3 atom stereocenters. The number of furan rings is 1. The van der Waals surface area contributed by atoms with Gasteiger partial charge in [0.2, 0.25) is 0 Å². The summed E-state index contributed by atoms with van der Waals surface area (Å²) in [5, 5.41) is 2.33. The lowest BCUT2D eigenvalue weighted by Crippen LogP contribution is -2.34. The van der Waals surface area contributed by atoms with Crippen LogP contribution in [0.15, 0.2) is 120 Å². The van der Waals surface area contributed by atoms with Crippen LogP contribution in [0, 0.1) is 20.8 Å². The average Bonchev–Trinajstić information content (AvgIpc) is 3.49. The lowest BCUT2D eigenvalue weighted by molar-refractivity contribution is 0.625. The Morgan fingerprint density at radius 2 is 1.23 bits per heavy atom. The Bertz CT molecular complexity index is 1800. The van der Waals surface area contributed by atoms with Gasteiger partial charge in [-0.05, 0) is 68.1 Å². The van der Waals surface area contributed by atoms with E-state index in [2.05, 4.69) is 153 Å². The number of aryl methyl sites for hydroxylation is 3. The van der Waals surface area contributed by atoms with Crippen molar-refractivity contribution in [3.8, 4) is 0 Å². The first-order valence-electron chi connectivity index (χ1n) is 14.2. The third kappa shape index (κ3) is 3.72. The predicted octanol–water partition coefficient (Wildman–Crippen LogP) is 9.67. The number of hydrogen-bond acceptors (Lipinski definition) is 3. The van der Waals surface area contributed by atoms with E-state index < -0.39 is 0 Å². The molecular formula is C37H34N2O. The first-order chi connectivity index (χ1) is 19.5. The normalized spacial score (nSPS) is 19.1. The molecule has 0 bridgehead atoms. The van der Waals surface area contributed by atoms with Crippen molar-refractivity contribution in [2.24, 2.45) is 0 Å². The number of rotatable bonds is 4. The lowest BCUT2D eigenvalue weighted by Gasteiger charge is -2.37. The standard InChI is InChI=1S/C37H34N2O/c1-24-14-13-15-25(2)33(24)37-38(34-26(3)22-23-31-30-20-11-12-21-32(30)40-36(31)34)27(4)35(28-16-7-5-8-17-28)39(37)29-18-9-6-10-19-29/h5-23,27,35,37H,1-4H3/t27-,35?,37?/m0/s1. The van der Waals surface area contributed by atoms with Gasteiger partial charge in [-0.2, -0.15) is 0 Å². The van der Waals surface area contributed by atoms with Crippen molar-refractivity contribution in [2.75, 3.05) is 9.80 Å². The zero-order valence-corrected chi connectivity index (χ0v) is 23.5. The molecule has 3 nitrogen and oxygen atoms in total. The minimum Gasteiger partial charge on any atom is -0.454 e. The number of fused-ring (bicyclic) bond motifs is 3. The summed E-state index contributed by atoms with van der Waals surface area (Å²) in [7, 11) is 0. The number of benzene rings is 5. The highest BCUT2D eigenvalue weighted by Gasteiger charge is 2.48. The van der Waals surface area contributed by atoms with E-state index in [9.17, 15) is 0 Å². The maximum Gasteiger partial charge on any atom is 0.159 e. The van der Waals surface area contributed by atoms with Crippen LogP contribution in [0.4, 0.5) is 11.4 Å². The molecule has 0 aliphatic carbocycles. The molecule has 2 heterocycles. The summed E-state index contributed by atoms with van der Waals surface area (Å²) in [6, 6.07) is 41.7. The highest BCUT2D eigenvalue weighted by molar-refractivity contribution is 6.09. The Labute approximate surface area is 236 Å². The third-order valence-corrected chi connectivity index (χ3v) is 8.70. The summed E-state index contributed by atoms with van der Waals surface area (Å²) >= 11 is 0. The minimum absolute atomic E-state index is 0.0266. The van der Waals surface area contributed by atoms with E-state index in [-0.39, 0.29) is 18.2 Å². The van der Waals surface area contributed by atoms with Gasteiger partial charge in [-0.15, -0.1) is 0 Å². The maximum absolute atomic E-state index is 6.69. The third-order valence-electron chi connectivity index (χ3n) is 8.70. The molecule has 6 aromatic rings. The summed E-state index contributed by atoms with van der Waals surface area (Å²) in [4.78, 5) is 5.27. The molecule has 198 valence electrons. The first-order valence-corrected chi connectivity index (χ1v) is 14.2. The van der Waals surface area contributed by atoms with Gasteiger partial charge in [0, 0.05) is 22.0 Å². The van der Waals surface area contributed by atoms with Crippen molar-refractivity contribution in [3.05, 3.63) is 143 Å². The quantitative estimate of drug-likeness (QED) is 0.230. The van der Waals surface area contributed by atoms with Crippen LogP contribution in [0.3, 0.4) is 0 Å². The molecule has 3 heteroatoms. The van der Waals surface area contributed by atoms with Crippen molar-refractivity contribution in [1.82, 2.24) is 0 Å². The predicted molar refractivity (Wildman–Crippen MR) is 167 cm³/mol. The first kappa shape index (κ1) is 24.5. The van der Waals surface area contributed by atoms with Crippen LogP contribution in [0.5, 0.6) is 0 Å². The van der Waals surface area contributed by atoms with Crippen LogP contribution in [-0.2, 0) is 0 Å². The van der Waals surface area contributed by atoms with Gasteiger partial charge >= 0.3 is 0 Å². The summed E-state index contributed by atoms with van der Waals surface area (Å²) in [6.45, 7) is 9.10. The van der Waals surface area contributed by atoms with Gasteiger partial charge in [-0.3, -0.25) is 0 Å². The fourth-order valence-electron chi connectivity index (χ4n) is 6.92. The van der Waals surface area contributed by atoms with Crippen LogP contribution in [-0.4, -0.2) is 6.04 Å². The van der Waals surface area contributed by atoms with Crippen molar-refractivity contribution in [2.45, 2.75) is 45.9 Å². The summed E-state index contributed by atoms with van der Waals surface area (Å²) < 4.78 is 6.69. The molecule has 5 aromatic carbocycles. The van der Waals surface area contributed by atoms with Gasteiger partial charge in [0.25, 0.3) is 0 Å². The number of hydrogen-bond donors (Lipinski definition) is 0. The Hall–Kier alpha value is -4.50. The fourth-order valence-corrected chi connectivity index (χ4v) is 6.92. The van der Waals surface area contributed by atoms with Gasteiger partial charge in [0.05, 0.1) is 17.8 Å². The molecule has 0 radical (unpaired) electrons. The van der Waals surface area contributed by atoms with Crippen molar-refractivity contribution in [3.63, 3.8) is 0 Å². The van der Waals surface area contributed by atoms with Gasteiger partial charge in [0.1, 0.15) is 11.7 Å². The smallest absolute Gasteiger partial charge is 0.159 e. The molecule has 0 amide bonds. The van der Waals surface area contributed by atoms with E-state index in [0.29, 0.717) is 0 Å². The van der Waals surface area contributed by atoms with Crippen molar-refractivity contribution in [1.29, 1.82) is 0 Å². The molecule has 2 unspecified atom stereocenters. The molecule has 1 aromatic heterocycles. The second-order valence-electron chi connectivity index (χ2n) is 11.1. The number of nitrogens with zero attached hydrogens (tertiary/aromatic N) is 2. The number of para-hydroxylation sites is 2. The molecule has 1 saturated heterocycles. The van der Waals surface area contributed by atoms with E-state index >= 15 is 0 Å². The zero-order chi connectivity index (χ0) is 27.4. The van der Waals surface area contributed by atoms with Gasteiger partial charge < -0.3 is 14.2 Å². The van der Waals surface area contributed by atoms with E-state index in [4.69, 9.17) is 4.42 Å². The second kappa shape index (κ2) is 9.60. The Balaban J connectivity index is 1.57.